The number of ether oxygens (including phenoxy) is 1. The predicted octanol–water partition coefficient (Wildman–Crippen LogP) is 3.36. The van der Waals surface area contributed by atoms with Gasteiger partial charge in [0.1, 0.15) is 10.6 Å². The lowest BCUT2D eigenvalue weighted by molar-refractivity contribution is 0.0734. The molecule has 0 atom stereocenters. The van der Waals surface area contributed by atoms with Crippen molar-refractivity contribution in [3.05, 3.63) is 53.1 Å². The Morgan fingerprint density at radius 2 is 1.63 bits per heavy atom. The Morgan fingerprint density at radius 3 is 2.17 bits per heavy atom. The van der Waals surface area contributed by atoms with Gasteiger partial charge in [-0.3, -0.25) is 4.90 Å². The largest absolute Gasteiger partial charge is 0.423 e. The summed E-state index contributed by atoms with van der Waals surface area (Å²) in [4.78, 5) is 25.8. The second-order valence-electron chi connectivity index (χ2n) is 6.98. The van der Waals surface area contributed by atoms with Crippen molar-refractivity contribution in [1.82, 2.24) is 9.62 Å². The first kappa shape index (κ1) is 23.7. The zero-order chi connectivity index (χ0) is 22.6. The standard InChI is InChI=1S/C20H24ClN3O5S/c1-13(2)22-20(26)24(5)15-7-9-16(10-8-15)29-19(25)14-6-11-17(21)18(12-14)30(27,28)23(3)4/h6-13H,1-5H3,(H,22,26). The Labute approximate surface area is 181 Å². The molecule has 0 saturated heterocycles. The van der Waals surface area contributed by atoms with Gasteiger partial charge in [0.15, 0.2) is 0 Å². The Kier molecular flexibility index (Phi) is 7.46. The van der Waals surface area contributed by atoms with Gasteiger partial charge in [0, 0.05) is 32.9 Å². The molecule has 0 aliphatic heterocycles. The van der Waals surface area contributed by atoms with Crippen LogP contribution in [-0.4, -0.2) is 51.9 Å². The third kappa shape index (κ3) is 5.50. The number of carbonyl (C=O) groups is 2. The number of nitrogens with one attached hydrogen (secondary N) is 1. The molecule has 0 fully saturated rings. The molecule has 0 aliphatic rings. The van der Waals surface area contributed by atoms with E-state index in [2.05, 4.69) is 5.32 Å². The van der Waals surface area contributed by atoms with Gasteiger partial charge in [0.25, 0.3) is 0 Å². The van der Waals surface area contributed by atoms with Gasteiger partial charge in [-0.05, 0) is 56.3 Å². The van der Waals surface area contributed by atoms with Crippen molar-refractivity contribution in [2.45, 2.75) is 24.8 Å². The van der Waals surface area contributed by atoms with Crippen LogP contribution >= 0.6 is 11.6 Å². The van der Waals surface area contributed by atoms with Gasteiger partial charge in [-0.2, -0.15) is 0 Å². The highest BCUT2D eigenvalue weighted by Gasteiger charge is 2.23. The van der Waals surface area contributed by atoms with Crippen LogP contribution in [0.1, 0.15) is 24.2 Å². The summed E-state index contributed by atoms with van der Waals surface area (Å²) < 4.78 is 31.0. The van der Waals surface area contributed by atoms with Gasteiger partial charge in [-0.25, -0.2) is 22.3 Å². The summed E-state index contributed by atoms with van der Waals surface area (Å²) in [5.41, 5.74) is 0.649. The maximum absolute atomic E-state index is 12.5. The molecule has 30 heavy (non-hydrogen) atoms. The van der Waals surface area contributed by atoms with Crippen LogP contribution in [0.3, 0.4) is 0 Å². The topological polar surface area (TPSA) is 96.0 Å². The molecule has 0 radical (unpaired) electrons. The summed E-state index contributed by atoms with van der Waals surface area (Å²) in [6.45, 7) is 3.72. The number of anilines is 1. The first-order valence-corrected chi connectivity index (χ1v) is 10.8. The summed E-state index contributed by atoms with van der Waals surface area (Å²) in [6.07, 6.45) is 0. The third-order valence-corrected chi connectivity index (χ3v) is 6.37. The molecule has 0 aliphatic carbocycles. The smallest absolute Gasteiger partial charge is 0.343 e. The average Bonchev–Trinajstić information content (AvgIpc) is 2.67. The summed E-state index contributed by atoms with van der Waals surface area (Å²) in [6, 6.07) is 9.99. The summed E-state index contributed by atoms with van der Waals surface area (Å²) in [7, 11) is 0.549. The normalized spacial score (nSPS) is 11.5. The molecule has 1 N–H and O–H groups in total. The number of urea groups is 1. The number of benzene rings is 2. The minimum absolute atomic E-state index is 0.000699. The number of sulfonamides is 1. The highest BCUT2D eigenvalue weighted by Crippen LogP contribution is 2.26. The molecule has 0 unspecified atom stereocenters. The minimum Gasteiger partial charge on any atom is -0.423 e. The van der Waals surface area contributed by atoms with E-state index in [1.54, 1.807) is 31.3 Å². The van der Waals surface area contributed by atoms with E-state index in [0.29, 0.717) is 5.69 Å². The SMILES string of the molecule is CC(C)NC(=O)N(C)c1ccc(OC(=O)c2ccc(Cl)c(S(=O)(=O)N(C)C)c2)cc1. The van der Waals surface area contributed by atoms with Gasteiger partial charge < -0.3 is 10.1 Å². The van der Waals surface area contributed by atoms with Crippen LogP contribution in [-0.2, 0) is 10.0 Å². The fourth-order valence-electron chi connectivity index (χ4n) is 2.39. The van der Waals surface area contributed by atoms with Gasteiger partial charge in [0.05, 0.1) is 10.6 Å². The maximum Gasteiger partial charge on any atom is 0.343 e. The Morgan fingerprint density at radius 1 is 1.03 bits per heavy atom. The molecule has 0 saturated carbocycles. The van der Waals surface area contributed by atoms with Crippen LogP contribution in [0.25, 0.3) is 0 Å². The van der Waals surface area contributed by atoms with E-state index < -0.39 is 16.0 Å². The Hall–Kier alpha value is -2.62. The summed E-state index contributed by atoms with van der Waals surface area (Å²) in [5, 5.41) is 2.78. The van der Waals surface area contributed by atoms with E-state index in [1.165, 1.54) is 37.2 Å². The van der Waals surface area contributed by atoms with Crippen molar-refractivity contribution in [3.8, 4) is 5.75 Å². The van der Waals surface area contributed by atoms with Crippen molar-refractivity contribution in [1.29, 1.82) is 0 Å². The molecule has 162 valence electrons. The number of carbonyl (C=O) groups excluding carboxylic acids is 2. The minimum atomic E-state index is -3.82. The van der Waals surface area contributed by atoms with E-state index in [0.717, 1.165) is 4.31 Å². The van der Waals surface area contributed by atoms with Crippen molar-refractivity contribution in [2.24, 2.45) is 0 Å². The number of rotatable bonds is 6. The number of nitrogens with zero attached hydrogens (tertiary/aromatic N) is 2. The molecule has 10 heteroatoms. The van der Waals surface area contributed by atoms with E-state index in [-0.39, 0.29) is 33.3 Å². The molecule has 2 aromatic carbocycles. The molecular formula is C20H24ClN3O5S. The van der Waals surface area contributed by atoms with Gasteiger partial charge in [-0.1, -0.05) is 11.6 Å². The fourth-order valence-corrected chi connectivity index (χ4v) is 3.78. The zero-order valence-electron chi connectivity index (χ0n) is 17.3. The molecule has 0 spiro atoms. The van der Waals surface area contributed by atoms with Crippen LogP contribution in [0.4, 0.5) is 10.5 Å². The van der Waals surface area contributed by atoms with Gasteiger partial charge >= 0.3 is 12.0 Å². The number of hydrogen-bond acceptors (Lipinski definition) is 5. The Balaban J connectivity index is 2.18. The monoisotopic (exact) mass is 453 g/mol. The van der Waals surface area contributed by atoms with E-state index >= 15 is 0 Å². The zero-order valence-corrected chi connectivity index (χ0v) is 18.9. The molecule has 8 nitrogen and oxygen atoms in total. The molecule has 0 heterocycles. The molecule has 0 bridgehead atoms. The molecule has 2 rings (SSSR count). The number of esters is 1. The second kappa shape index (κ2) is 9.46. The fraction of sp³-hybridized carbons (Fsp3) is 0.300. The molecule has 2 aromatic rings. The van der Waals surface area contributed by atoms with Gasteiger partial charge in [-0.15, -0.1) is 0 Å². The van der Waals surface area contributed by atoms with E-state index in [9.17, 15) is 18.0 Å². The summed E-state index contributed by atoms with van der Waals surface area (Å²) >= 11 is 6.00. The Bertz CT molecular complexity index is 1040. The number of amides is 2. The highest BCUT2D eigenvalue weighted by atomic mass is 35.5. The van der Waals surface area contributed by atoms with Gasteiger partial charge in [0.2, 0.25) is 10.0 Å². The average molecular weight is 454 g/mol. The lowest BCUT2D eigenvalue weighted by Gasteiger charge is -2.20. The second-order valence-corrected chi connectivity index (χ2v) is 9.51. The first-order chi connectivity index (χ1) is 13.9. The van der Waals surface area contributed by atoms with Crippen LogP contribution in [0.5, 0.6) is 5.75 Å². The van der Waals surface area contributed by atoms with Crippen LogP contribution < -0.4 is 15.0 Å². The first-order valence-electron chi connectivity index (χ1n) is 9.02. The highest BCUT2D eigenvalue weighted by molar-refractivity contribution is 7.89. The van der Waals surface area contributed by atoms with Crippen LogP contribution in [0.15, 0.2) is 47.4 Å². The number of halogens is 1. The van der Waals surface area contributed by atoms with Crippen molar-refractivity contribution in [2.75, 3.05) is 26.0 Å². The predicted molar refractivity (Wildman–Crippen MR) is 116 cm³/mol. The number of hydrogen-bond donors (Lipinski definition) is 1. The molecular weight excluding hydrogens is 430 g/mol. The van der Waals surface area contributed by atoms with Crippen LogP contribution in [0.2, 0.25) is 5.02 Å². The van der Waals surface area contributed by atoms with E-state index in [1.807, 2.05) is 13.8 Å². The maximum atomic E-state index is 12.5. The third-order valence-electron chi connectivity index (χ3n) is 4.08. The molecule has 0 aromatic heterocycles. The lowest BCUT2D eigenvalue weighted by atomic mass is 10.2. The lowest BCUT2D eigenvalue weighted by Crippen LogP contribution is -2.40. The molecule has 2 amide bonds. The van der Waals surface area contributed by atoms with Crippen molar-refractivity contribution in [3.63, 3.8) is 0 Å². The van der Waals surface area contributed by atoms with Crippen LogP contribution in [0, 0.1) is 0 Å². The summed E-state index contributed by atoms with van der Waals surface area (Å²) in [5.74, 6) is -0.492. The quantitative estimate of drug-likeness (QED) is 0.534. The van der Waals surface area contributed by atoms with Crippen molar-refractivity contribution >= 4 is 39.3 Å². The van der Waals surface area contributed by atoms with E-state index in [4.69, 9.17) is 16.3 Å². The van der Waals surface area contributed by atoms with Crippen molar-refractivity contribution < 1.29 is 22.7 Å².